The number of hydrogen-bond donors (Lipinski definition) is 2. The van der Waals surface area contributed by atoms with Gasteiger partial charge < -0.3 is 10.4 Å². The van der Waals surface area contributed by atoms with Crippen molar-refractivity contribution < 1.29 is 9.50 Å². The Hall–Kier alpha value is -1.79. The molecule has 0 radical (unpaired) electrons. The number of aromatic nitrogens is 3. The van der Waals surface area contributed by atoms with E-state index >= 15 is 0 Å². The number of rotatable bonds is 4. The smallest absolute Gasteiger partial charge is 0.138 e. The Balaban J connectivity index is 1.57. The Morgan fingerprint density at radius 3 is 3.15 bits per heavy atom. The second kappa shape index (κ2) is 5.68. The summed E-state index contributed by atoms with van der Waals surface area (Å²) in [5.41, 5.74) is 0.331. The summed E-state index contributed by atoms with van der Waals surface area (Å²) in [6, 6.07) is 6.54. The molecule has 0 saturated carbocycles. The van der Waals surface area contributed by atoms with E-state index in [-0.39, 0.29) is 11.9 Å². The summed E-state index contributed by atoms with van der Waals surface area (Å²) in [5, 5.41) is 17.5. The van der Waals surface area contributed by atoms with Gasteiger partial charge in [0.15, 0.2) is 0 Å². The lowest BCUT2D eigenvalue weighted by Crippen LogP contribution is -2.39. The lowest BCUT2D eigenvalue weighted by Gasteiger charge is -2.25. The van der Waals surface area contributed by atoms with Crippen LogP contribution in [-0.4, -0.2) is 32.5 Å². The Labute approximate surface area is 116 Å². The van der Waals surface area contributed by atoms with Crippen LogP contribution in [-0.2, 0) is 13.0 Å². The Morgan fingerprint density at radius 1 is 1.45 bits per heavy atom. The van der Waals surface area contributed by atoms with E-state index in [0.717, 1.165) is 25.2 Å². The van der Waals surface area contributed by atoms with E-state index in [9.17, 15) is 9.50 Å². The molecule has 2 heterocycles. The van der Waals surface area contributed by atoms with Gasteiger partial charge in [0.2, 0.25) is 0 Å². The molecule has 0 fully saturated rings. The molecule has 0 saturated heterocycles. The molecule has 3 rings (SSSR count). The summed E-state index contributed by atoms with van der Waals surface area (Å²) >= 11 is 0. The number of nitrogens with zero attached hydrogens (tertiary/aromatic N) is 3. The quantitative estimate of drug-likeness (QED) is 0.876. The molecule has 0 spiro atoms. The molecule has 6 heteroatoms. The molecule has 0 bridgehead atoms. The maximum atomic E-state index is 13.6. The molecule has 2 N–H and O–H groups in total. The fraction of sp³-hybridized carbons (Fsp3) is 0.429. The van der Waals surface area contributed by atoms with Crippen LogP contribution in [0.4, 0.5) is 4.39 Å². The lowest BCUT2D eigenvalue weighted by atomic mass is 10.1. The minimum Gasteiger partial charge on any atom is -0.387 e. The van der Waals surface area contributed by atoms with Crippen LogP contribution in [0.1, 0.15) is 23.9 Å². The fourth-order valence-electron chi connectivity index (χ4n) is 2.54. The van der Waals surface area contributed by atoms with Gasteiger partial charge in [0.1, 0.15) is 18.0 Å². The van der Waals surface area contributed by atoms with E-state index in [1.54, 1.807) is 24.5 Å². The van der Waals surface area contributed by atoms with Gasteiger partial charge in [-0.25, -0.2) is 14.1 Å². The molecule has 2 aromatic rings. The van der Waals surface area contributed by atoms with Crippen LogP contribution in [0.15, 0.2) is 30.6 Å². The second-order valence-electron chi connectivity index (χ2n) is 5.04. The highest BCUT2D eigenvalue weighted by atomic mass is 19.1. The molecule has 20 heavy (non-hydrogen) atoms. The van der Waals surface area contributed by atoms with E-state index in [0.29, 0.717) is 12.1 Å². The zero-order valence-electron chi connectivity index (χ0n) is 11.0. The minimum atomic E-state index is -0.839. The number of aryl methyl sites for hydroxylation is 1. The third kappa shape index (κ3) is 2.71. The normalized spacial score (nSPS) is 19.6. The van der Waals surface area contributed by atoms with Gasteiger partial charge in [-0.3, -0.25) is 0 Å². The molecule has 1 aliphatic rings. The molecule has 1 aliphatic heterocycles. The number of hydrogen-bond acceptors (Lipinski definition) is 4. The van der Waals surface area contributed by atoms with Crippen LogP contribution in [0.2, 0.25) is 0 Å². The Bertz CT molecular complexity index is 586. The number of aliphatic hydroxyl groups excluding tert-OH is 1. The predicted molar refractivity (Wildman–Crippen MR) is 71.5 cm³/mol. The van der Waals surface area contributed by atoms with E-state index in [2.05, 4.69) is 15.4 Å². The standard InChI is InChI=1S/C14H17FN4O/c15-12-4-2-1-3-11(12)13(20)7-16-10-5-6-14-17-9-18-19(14)8-10/h1-4,9-10,13,16,20H,5-8H2. The van der Waals surface area contributed by atoms with Gasteiger partial charge in [-0.05, 0) is 12.5 Å². The molecule has 1 aromatic heterocycles. The van der Waals surface area contributed by atoms with Gasteiger partial charge >= 0.3 is 0 Å². The monoisotopic (exact) mass is 276 g/mol. The van der Waals surface area contributed by atoms with Crippen LogP contribution in [0.5, 0.6) is 0 Å². The zero-order chi connectivity index (χ0) is 13.9. The average Bonchev–Trinajstić information content (AvgIpc) is 2.92. The largest absolute Gasteiger partial charge is 0.387 e. The number of aliphatic hydroxyl groups is 1. The number of halogens is 1. The van der Waals surface area contributed by atoms with Crippen LogP contribution < -0.4 is 5.32 Å². The first kappa shape index (κ1) is 13.2. The first-order valence-electron chi connectivity index (χ1n) is 6.76. The first-order chi connectivity index (χ1) is 9.74. The summed E-state index contributed by atoms with van der Waals surface area (Å²) < 4.78 is 15.4. The van der Waals surface area contributed by atoms with Crippen LogP contribution >= 0.6 is 0 Å². The molecule has 5 nitrogen and oxygen atoms in total. The zero-order valence-corrected chi connectivity index (χ0v) is 11.0. The van der Waals surface area contributed by atoms with E-state index < -0.39 is 6.10 Å². The SMILES string of the molecule is OC(CNC1CCc2ncnn2C1)c1ccccc1F. The number of benzene rings is 1. The summed E-state index contributed by atoms with van der Waals surface area (Å²) in [7, 11) is 0. The maximum absolute atomic E-state index is 13.6. The first-order valence-corrected chi connectivity index (χ1v) is 6.76. The van der Waals surface area contributed by atoms with Gasteiger partial charge in [0, 0.05) is 24.6 Å². The molecular weight excluding hydrogens is 259 g/mol. The van der Waals surface area contributed by atoms with Crippen molar-refractivity contribution in [2.45, 2.75) is 31.5 Å². The molecule has 2 unspecified atom stereocenters. The molecular formula is C14H17FN4O. The van der Waals surface area contributed by atoms with Crippen molar-refractivity contribution >= 4 is 0 Å². The predicted octanol–water partition coefficient (Wildman–Crippen LogP) is 1.06. The van der Waals surface area contributed by atoms with E-state index in [1.165, 1.54) is 6.07 Å². The van der Waals surface area contributed by atoms with Crippen molar-refractivity contribution in [1.29, 1.82) is 0 Å². The highest BCUT2D eigenvalue weighted by Gasteiger charge is 2.21. The van der Waals surface area contributed by atoms with Crippen LogP contribution in [0.3, 0.4) is 0 Å². The van der Waals surface area contributed by atoms with E-state index in [1.807, 2.05) is 4.68 Å². The number of nitrogens with one attached hydrogen (secondary N) is 1. The van der Waals surface area contributed by atoms with Crippen molar-refractivity contribution in [3.05, 3.63) is 47.8 Å². The number of fused-ring (bicyclic) bond motifs is 1. The summed E-state index contributed by atoms with van der Waals surface area (Å²) in [6.45, 7) is 1.06. The molecule has 106 valence electrons. The van der Waals surface area contributed by atoms with Gasteiger partial charge in [-0.15, -0.1) is 0 Å². The van der Waals surface area contributed by atoms with Crippen LogP contribution in [0.25, 0.3) is 0 Å². The minimum absolute atomic E-state index is 0.227. The molecule has 0 amide bonds. The van der Waals surface area contributed by atoms with Crippen molar-refractivity contribution in [3.63, 3.8) is 0 Å². The highest BCUT2D eigenvalue weighted by molar-refractivity contribution is 5.20. The van der Waals surface area contributed by atoms with E-state index in [4.69, 9.17) is 0 Å². The van der Waals surface area contributed by atoms with Crippen molar-refractivity contribution in [2.24, 2.45) is 0 Å². The molecule has 2 atom stereocenters. The van der Waals surface area contributed by atoms with Crippen LogP contribution in [0, 0.1) is 5.82 Å². The van der Waals surface area contributed by atoms with Gasteiger partial charge in [-0.2, -0.15) is 5.10 Å². The van der Waals surface area contributed by atoms with Gasteiger partial charge in [0.25, 0.3) is 0 Å². The molecule has 1 aromatic carbocycles. The Morgan fingerprint density at radius 2 is 2.30 bits per heavy atom. The maximum Gasteiger partial charge on any atom is 0.138 e. The average molecular weight is 276 g/mol. The summed E-state index contributed by atoms with van der Waals surface area (Å²) in [6.07, 6.45) is 2.54. The van der Waals surface area contributed by atoms with Crippen molar-refractivity contribution in [3.8, 4) is 0 Å². The lowest BCUT2D eigenvalue weighted by molar-refractivity contribution is 0.160. The van der Waals surface area contributed by atoms with Crippen molar-refractivity contribution in [2.75, 3.05) is 6.54 Å². The third-order valence-electron chi connectivity index (χ3n) is 3.67. The fourth-order valence-corrected chi connectivity index (χ4v) is 2.54. The van der Waals surface area contributed by atoms with Crippen molar-refractivity contribution in [1.82, 2.24) is 20.1 Å². The summed E-state index contributed by atoms with van der Waals surface area (Å²) in [4.78, 5) is 4.17. The second-order valence-corrected chi connectivity index (χ2v) is 5.04. The third-order valence-corrected chi connectivity index (χ3v) is 3.67. The topological polar surface area (TPSA) is 63.0 Å². The Kier molecular flexibility index (Phi) is 3.75. The highest BCUT2D eigenvalue weighted by Crippen LogP contribution is 2.17. The van der Waals surface area contributed by atoms with Gasteiger partial charge in [-0.1, -0.05) is 18.2 Å². The van der Waals surface area contributed by atoms with Gasteiger partial charge in [0.05, 0.1) is 12.6 Å². The summed E-state index contributed by atoms with van der Waals surface area (Å²) in [5.74, 6) is 0.627. The molecule has 0 aliphatic carbocycles.